The number of hydrogen-bond donors (Lipinski definition) is 3. The Morgan fingerprint density at radius 3 is 3.08 bits per heavy atom. The summed E-state index contributed by atoms with van der Waals surface area (Å²) < 4.78 is 5.65. The number of thiazole rings is 1. The van der Waals surface area contributed by atoms with Gasteiger partial charge in [-0.3, -0.25) is 9.59 Å². The number of anilines is 1. The monoisotopic (exact) mass is 348 g/mol. The fraction of sp³-hybridized carbons (Fsp3) is 0.438. The van der Waals surface area contributed by atoms with E-state index in [9.17, 15) is 9.59 Å². The van der Waals surface area contributed by atoms with Crippen LogP contribution in [0.5, 0.6) is 0 Å². The van der Waals surface area contributed by atoms with E-state index in [1.165, 1.54) is 18.3 Å². The lowest BCUT2D eigenvalue weighted by Gasteiger charge is -2.08. The van der Waals surface area contributed by atoms with Crippen LogP contribution in [0, 0.1) is 0 Å². The van der Waals surface area contributed by atoms with Crippen molar-refractivity contribution < 1.29 is 14.0 Å². The van der Waals surface area contributed by atoms with Gasteiger partial charge in [0.05, 0.1) is 6.54 Å². The molecular formula is C16H20N4O3S. The fourth-order valence-corrected chi connectivity index (χ4v) is 3.31. The lowest BCUT2D eigenvalue weighted by Crippen LogP contribution is -2.27. The maximum absolute atomic E-state index is 12.0. The van der Waals surface area contributed by atoms with Crippen LogP contribution in [0.15, 0.2) is 21.9 Å². The van der Waals surface area contributed by atoms with Crippen LogP contribution >= 0.6 is 11.3 Å². The van der Waals surface area contributed by atoms with E-state index in [0.29, 0.717) is 35.3 Å². The first kappa shape index (κ1) is 16.7. The van der Waals surface area contributed by atoms with Gasteiger partial charge in [-0.05, 0) is 31.5 Å². The van der Waals surface area contributed by atoms with Gasteiger partial charge in [0, 0.05) is 24.8 Å². The number of nitrogens with zero attached hydrogens (tertiary/aromatic N) is 1. The molecule has 1 aliphatic heterocycles. The summed E-state index contributed by atoms with van der Waals surface area (Å²) in [6.45, 7) is 2.79. The molecule has 7 nitrogen and oxygen atoms in total. The SMILES string of the molecule is CC(=O)NCc1ccc(-c2csc(NC(=O)CC3CCCN3)n2)o1. The maximum atomic E-state index is 12.0. The second-order valence-corrected chi connectivity index (χ2v) is 6.62. The Labute approximate surface area is 143 Å². The van der Waals surface area contributed by atoms with E-state index < -0.39 is 0 Å². The Morgan fingerprint density at radius 2 is 2.33 bits per heavy atom. The molecule has 0 spiro atoms. The summed E-state index contributed by atoms with van der Waals surface area (Å²) in [6, 6.07) is 3.88. The van der Waals surface area contributed by atoms with Crippen LogP contribution in [-0.2, 0) is 16.1 Å². The van der Waals surface area contributed by atoms with Gasteiger partial charge in [0.2, 0.25) is 11.8 Å². The summed E-state index contributed by atoms with van der Waals surface area (Å²) in [7, 11) is 0. The molecule has 24 heavy (non-hydrogen) atoms. The molecule has 8 heteroatoms. The van der Waals surface area contributed by atoms with Crippen LogP contribution in [0.3, 0.4) is 0 Å². The predicted octanol–water partition coefficient (Wildman–Crippen LogP) is 2.12. The number of furan rings is 1. The Morgan fingerprint density at radius 1 is 1.46 bits per heavy atom. The molecule has 2 aromatic rings. The molecule has 128 valence electrons. The van der Waals surface area contributed by atoms with E-state index in [2.05, 4.69) is 20.9 Å². The first-order chi connectivity index (χ1) is 11.6. The second-order valence-electron chi connectivity index (χ2n) is 5.76. The largest absolute Gasteiger partial charge is 0.458 e. The van der Waals surface area contributed by atoms with Crippen LogP contribution in [0.2, 0.25) is 0 Å². The Hall–Kier alpha value is -2.19. The van der Waals surface area contributed by atoms with Gasteiger partial charge in [-0.2, -0.15) is 0 Å². The van der Waals surface area contributed by atoms with Gasteiger partial charge in [-0.25, -0.2) is 4.98 Å². The van der Waals surface area contributed by atoms with Crippen LogP contribution in [0.1, 0.15) is 31.9 Å². The molecule has 3 heterocycles. The number of carbonyl (C=O) groups excluding carboxylic acids is 2. The highest BCUT2D eigenvalue weighted by Gasteiger charge is 2.18. The predicted molar refractivity (Wildman–Crippen MR) is 91.6 cm³/mol. The molecule has 0 aromatic carbocycles. The summed E-state index contributed by atoms with van der Waals surface area (Å²) >= 11 is 1.36. The summed E-state index contributed by atoms with van der Waals surface area (Å²) in [5.74, 6) is 1.14. The van der Waals surface area contributed by atoms with E-state index in [-0.39, 0.29) is 17.9 Å². The molecule has 0 bridgehead atoms. The average Bonchev–Trinajstić information content (AvgIpc) is 3.26. The zero-order valence-electron chi connectivity index (χ0n) is 13.4. The van der Waals surface area contributed by atoms with E-state index in [1.807, 2.05) is 5.38 Å². The smallest absolute Gasteiger partial charge is 0.227 e. The normalized spacial score (nSPS) is 17.0. The van der Waals surface area contributed by atoms with Crippen molar-refractivity contribution in [2.45, 2.75) is 38.8 Å². The van der Waals surface area contributed by atoms with Crippen LogP contribution < -0.4 is 16.0 Å². The Kier molecular flexibility index (Phi) is 5.27. The number of rotatable bonds is 6. The summed E-state index contributed by atoms with van der Waals surface area (Å²) in [5.41, 5.74) is 0.670. The van der Waals surface area contributed by atoms with Crippen molar-refractivity contribution in [3.8, 4) is 11.5 Å². The molecule has 2 amide bonds. The van der Waals surface area contributed by atoms with Crippen LogP contribution in [0.4, 0.5) is 5.13 Å². The molecule has 0 aliphatic carbocycles. The fourth-order valence-electron chi connectivity index (χ4n) is 2.59. The van der Waals surface area contributed by atoms with Gasteiger partial charge in [0.15, 0.2) is 10.9 Å². The molecule has 1 unspecified atom stereocenters. The van der Waals surface area contributed by atoms with Crippen molar-refractivity contribution in [1.29, 1.82) is 0 Å². The van der Waals surface area contributed by atoms with E-state index in [1.54, 1.807) is 12.1 Å². The minimum atomic E-state index is -0.108. The molecule has 0 saturated carbocycles. The summed E-state index contributed by atoms with van der Waals surface area (Å²) in [6.07, 6.45) is 2.63. The lowest BCUT2D eigenvalue weighted by atomic mass is 10.1. The quantitative estimate of drug-likeness (QED) is 0.743. The molecule has 3 rings (SSSR count). The third-order valence-electron chi connectivity index (χ3n) is 3.77. The van der Waals surface area contributed by atoms with Gasteiger partial charge in [0.1, 0.15) is 11.5 Å². The number of hydrogen-bond acceptors (Lipinski definition) is 6. The van der Waals surface area contributed by atoms with Crippen LogP contribution in [0.25, 0.3) is 11.5 Å². The topological polar surface area (TPSA) is 96.3 Å². The highest BCUT2D eigenvalue weighted by Crippen LogP contribution is 2.26. The molecule has 2 aromatic heterocycles. The number of aromatic nitrogens is 1. The minimum absolute atomic E-state index is 0.0268. The standard InChI is InChI=1S/C16H20N4O3S/c1-10(21)18-8-12-4-5-14(23-12)13-9-24-16(19-13)20-15(22)7-11-3-2-6-17-11/h4-5,9,11,17H,2-3,6-8H2,1H3,(H,18,21)(H,19,20,22). The van der Waals surface area contributed by atoms with Crippen LogP contribution in [-0.4, -0.2) is 29.4 Å². The highest BCUT2D eigenvalue weighted by molar-refractivity contribution is 7.14. The second kappa shape index (κ2) is 7.59. The molecule has 1 atom stereocenters. The van der Waals surface area contributed by atoms with Gasteiger partial charge in [0.25, 0.3) is 0 Å². The third kappa shape index (κ3) is 4.42. The first-order valence-electron chi connectivity index (χ1n) is 7.92. The van der Waals surface area contributed by atoms with E-state index >= 15 is 0 Å². The van der Waals surface area contributed by atoms with Gasteiger partial charge >= 0.3 is 0 Å². The highest BCUT2D eigenvalue weighted by atomic mass is 32.1. The third-order valence-corrected chi connectivity index (χ3v) is 4.53. The molecule has 3 N–H and O–H groups in total. The molecule has 0 radical (unpaired) electrons. The number of amides is 2. The lowest BCUT2D eigenvalue weighted by molar-refractivity contribution is -0.119. The molecule has 1 saturated heterocycles. The summed E-state index contributed by atoms with van der Waals surface area (Å²) in [4.78, 5) is 27.3. The Bertz CT molecular complexity index is 718. The van der Waals surface area contributed by atoms with Gasteiger partial charge < -0.3 is 20.4 Å². The average molecular weight is 348 g/mol. The molecule has 1 fully saturated rings. The number of nitrogens with one attached hydrogen (secondary N) is 3. The van der Waals surface area contributed by atoms with Crippen molar-refractivity contribution in [2.75, 3.05) is 11.9 Å². The summed E-state index contributed by atoms with van der Waals surface area (Å²) in [5, 5.41) is 11.2. The zero-order chi connectivity index (χ0) is 16.9. The van der Waals surface area contributed by atoms with Crippen molar-refractivity contribution in [3.05, 3.63) is 23.3 Å². The first-order valence-corrected chi connectivity index (χ1v) is 8.80. The minimum Gasteiger partial charge on any atom is -0.458 e. The van der Waals surface area contributed by atoms with Crippen molar-refractivity contribution in [2.24, 2.45) is 0 Å². The molecule has 1 aliphatic rings. The van der Waals surface area contributed by atoms with E-state index in [4.69, 9.17) is 4.42 Å². The molecular weight excluding hydrogens is 328 g/mol. The van der Waals surface area contributed by atoms with Crippen molar-refractivity contribution >= 4 is 28.3 Å². The van der Waals surface area contributed by atoms with E-state index in [0.717, 1.165) is 19.4 Å². The zero-order valence-corrected chi connectivity index (χ0v) is 14.2. The van der Waals surface area contributed by atoms with Crippen molar-refractivity contribution in [1.82, 2.24) is 15.6 Å². The van der Waals surface area contributed by atoms with Gasteiger partial charge in [-0.15, -0.1) is 11.3 Å². The Balaban J connectivity index is 1.56. The van der Waals surface area contributed by atoms with Gasteiger partial charge in [-0.1, -0.05) is 0 Å². The maximum Gasteiger partial charge on any atom is 0.227 e. The number of carbonyl (C=O) groups is 2. The van der Waals surface area contributed by atoms with Crippen molar-refractivity contribution in [3.63, 3.8) is 0 Å².